The predicted molar refractivity (Wildman–Crippen MR) is 129 cm³/mol. The topological polar surface area (TPSA) is 60.4 Å². The minimum absolute atomic E-state index is 0.0984. The molecule has 1 amide bonds. The number of ether oxygens (including phenoxy) is 3. The van der Waals surface area contributed by atoms with Crippen LogP contribution in [0.5, 0.6) is 5.75 Å². The third-order valence-electron chi connectivity index (χ3n) is 4.50. The van der Waals surface area contributed by atoms with Crippen LogP contribution in [0.3, 0.4) is 0 Å². The molecule has 0 aliphatic heterocycles. The van der Waals surface area contributed by atoms with Crippen molar-refractivity contribution in [3.63, 3.8) is 0 Å². The smallest absolute Gasteiger partial charge is 0.253 e. The van der Waals surface area contributed by atoms with Gasteiger partial charge in [-0.1, -0.05) is 24.3 Å². The quantitative estimate of drug-likeness (QED) is 0.245. The fourth-order valence-electron chi connectivity index (χ4n) is 2.81. The fourth-order valence-corrected chi connectivity index (χ4v) is 2.81. The Morgan fingerprint density at radius 2 is 1.78 bits per heavy atom. The first-order valence-corrected chi connectivity index (χ1v) is 10.1. The molecule has 1 aliphatic carbocycles. The molecule has 0 spiro atoms. The van der Waals surface area contributed by atoms with E-state index in [1.807, 2.05) is 60.7 Å². The van der Waals surface area contributed by atoms with E-state index in [1.165, 1.54) is 0 Å². The van der Waals surface area contributed by atoms with E-state index in [-0.39, 0.29) is 5.91 Å². The first kappa shape index (κ1) is 24.5. The highest BCUT2D eigenvalue weighted by molar-refractivity contribution is 6.19. The maximum absolute atomic E-state index is 12.9. The van der Waals surface area contributed by atoms with E-state index in [1.54, 1.807) is 58.8 Å². The second kappa shape index (κ2) is 12.8. The van der Waals surface area contributed by atoms with E-state index in [0.717, 1.165) is 16.9 Å². The van der Waals surface area contributed by atoms with Gasteiger partial charge in [-0.2, -0.15) is 0 Å². The molecule has 0 saturated heterocycles. The molecule has 0 fully saturated rings. The van der Waals surface area contributed by atoms with Gasteiger partial charge in [0.05, 0.1) is 20.5 Å². The highest BCUT2D eigenvalue weighted by Crippen LogP contribution is 2.25. The lowest BCUT2D eigenvalue weighted by Crippen LogP contribution is -2.23. The Hall–Kier alpha value is -3.80. The van der Waals surface area contributed by atoms with Gasteiger partial charge in [0.15, 0.2) is 0 Å². The van der Waals surface area contributed by atoms with Gasteiger partial charge >= 0.3 is 0 Å². The largest absolute Gasteiger partial charge is 0.501 e. The maximum Gasteiger partial charge on any atom is 0.253 e. The van der Waals surface area contributed by atoms with Crippen molar-refractivity contribution < 1.29 is 19.0 Å². The summed E-state index contributed by atoms with van der Waals surface area (Å²) in [6, 6.07) is 7.40. The monoisotopic (exact) mass is 434 g/mol. The number of hydrogen-bond donors (Lipinski definition) is 0. The third-order valence-corrected chi connectivity index (χ3v) is 4.50. The van der Waals surface area contributed by atoms with Crippen molar-refractivity contribution in [2.45, 2.75) is 6.42 Å². The number of rotatable bonds is 9. The predicted octanol–water partition coefficient (Wildman–Crippen LogP) is 4.70. The Labute approximate surface area is 190 Å². The van der Waals surface area contributed by atoms with Gasteiger partial charge in [0.1, 0.15) is 17.3 Å². The summed E-state index contributed by atoms with van der Waals surface area (Å²) in [5, 5.41) is 0. The molecule has 0 saturated carbocycles. The Balaban J connectivity index is 2.30. The summed E-state index contributed by atoms with van der Waals surface area (Å²) in [6.07, 6.45) is 16.9. The van der Waals surface area contributed by atoms with Crippen LogP contribution in [0, 0.1) is 0 Å². The fraction of sp³-hybridized carbons (Fsp3) is 0.231. The van der Waals surface area contributed by atoms with E-state index < -0.39 is 0 Å². The first-order valence-electron chi connectivity index (χ1n) is 10.1. The number of carbonyl (C=O) groups excluding carboxylic acids is 1. The van der Waals surface area contributed by atoms with Gasteiger partial charge in [-0.25, -0.2) is 0 Å². The van der Waals surface area contributed by atoms with Crippen molar-refractivity contribution in [3.8, 4) is 5.75 Å². The molecular formula is C26H30N2O4. The number of hydrogen-bond acceptors (Lipinski definition) is 5. The third kappa shape index (κ3) is 7.47. The van der Waals surface area contributed by atoms with Crippen LogP contribution in [0.25, 0.3) is 5.57 Å². The molecule has 1 aromatic rings. The van der Waals surface area contributed by atoms with Gasteiger partial charge in [0, 0.05) is 45.4 Å². The summed E-state index contributed by atoms with van der Waals surface area (Å²) >= 11 is 0. The lowest BCUT2D eigenvalue weighted by Gasteiger charge is -2.15. The first-order chi connectivity index (χ1) is 15.5. The van der Waals surface area contributed by atoms with Gasteiger partial charge in [-0.3, -0.25) is 9.79 Å². The van der Waals surface area contributed by atoms with E-state index in [9.17, 15) is 4.79 Å². The zero-order valence-corrected chi connectivity index (χ0v) is 19.2. The highest BCUT2D eigenvalue weighted by Gasteiger charge is 2.16. The normalized spacial score (nSPS) is 14.8. The number of methoxy groups -OCH3 is 2. The summed E-state index contributed by atoms with van der Waals surface area (Å²) in [4.78, 5) is 18.4. The van der Waals surface area contributed by atoms with Gasteiger partial charge in [0.2, 0.25) is 0 Å². The van der Waals surface area contributed by atoms with Gasteiger partial charge in [-0.05, 0) is 47.6 Å². The number of nitrogens with zero attached hydrogens (tertiary/aromatic N) is 2. The summed E-state index contributed by atoms with van der Waals surface area (Å²) < 4.78 is 16.4. The second-order valence-corrected chi connectivity index (χ2v) is 6.99. The molecule has 0 radical (unpaired) electrons. The van der Waals surface area contributed by atoms with Crippen molar-refractivity contribution in [1.29, 1.82) is 0 Å². The second-order valence-electron chi connectivity index (χ2n) is 6.99. The van der Waals surface area contributed by atoms with E-state index in [0.29, 0.717) is 23.5 Å². The molecule has 6 heteroatoms. The molecule has 1 aliphatic rings. The molecule has 1 aromatic carbocycles. The van der Waals surface area contributed by atoms with Crippen molar-refractivity contribution in [2.75, 3.05) is 35.4 Å². The number of carbonyl (C=O) groups is 1. The van der Waals surface area contributed by atoms with Crippen LogP contribution in [-0.2, 0) is 14.3 Å². The van der Waals surface area contributed by atoms with Crippen molar-refractivity contribution in [2.24, 2.45) is 4.99 Å². The number of allylic oxidation sites excluding steroid dienone is 8. The Bertz CT molecular complexity index is 991. The Morgan fingerprint density at radius 3 is 2.41 bits per heavy atom. The average Bonchev–Trinajstić information content (AvgIpc) is 3.01. The molecule has 0 bridgehead atoms. The Kier molecular flexibility index (Phi) is 9.78. The number of likely N-dealkylation sites (N-methyl/N-ethyl adjacent to an activating group) is 1. The zero-order valence-electron chi connectivity index (χ0n) is 19.2. The minimum Gasteiger partial charge on any atom is -0.501 e. The van der Waals surface area contributed by atoms with Crippen molar-refractivity contribution in [1.82, 2.24) is 4.90 Å². The Morgan fingerprint density at radius 1 is 1.03 bits per heavy atom. The lowest BCUT2D eigenvalue weighted by atomic mass is 10.0. The average molecular weight is 435 g/mol. The summed E-state index contributed by atoms with van der Waals surface area (Å²) in [7, 11) is 8.41. The molecule has 0 aromatic heterocycles. The zero-order chi connectivity index (χ0) is 23.3. The van der Waals surface area contributed by atoms with E-state index >= 15 is 0 Å². The van der Waals surface area contributed by atoms with Crippen LogP contribution in [0.1, 0.15) is 12.0 Å². The van der Waals surface area contributed by atoms with Crippen LogP contribution in [0.15, 0.2) is 95.1 Å². The van der Waals surface area contributed by atoms with Crippen LogP contribution >= 0.6 is 0 Å². The SMILES string of the molecule is CN=C/C=C\C=C\Oc1ccc(/C(=C\C2=CCC(OC)=CC(OC)=C2)C(=O)N(C)C)cc1. The maximum atomic E-state index is 12.9. The summed E-state index contributed by atoms with van der Waals surface area (Å²) in [5.41, 5.74) is 2.22. The molecule has 32 heavy (non-hydrogen) atoms. The van der Waals surface area contributed by atoms with E-state index in [2.05, 4.69) is 4.99 Å². The molecule has 6 nitrogen and oxygen atoms in total. The van der Waals surface area contributed by atoms with Gasteiger partial charge in [-0.15, -0.1) is 0 Å². The molecule has 2 rings (SSSR count). The van der Waals surface area contributed by atoms with Crippen molar-refractivity contribution in [3.05, 3.63) is 95.7 Å². The molecule has 0 atom stereocenters. The molecule has 168 valence electrons. The molecule has 0 N–H and O–H groups in total. The molecule has 0 unspecified atom stereocenters. The number of aliphatic imine (C=N–C) groups is 1. The highest BCUT2D eigenvalue weighted by atomic mass is 16.5. The van der Waals surface area contributed by atoms with Crippen LogP contribution < -0.4 is 4.74 Å². The van der Waals surface area contributed by atoms with Crippen LogP contribution in [0.2, 0.25) is 0 Å². The number of benzene rings is 1. The van der Waals surface area contributed by atoms with Crippen LogP contribution in [0.4, 0.5) is 0 Å². The molecule has 0 heterocycles. The summed E-state index contributed by atoms with van der Waals surface area (Å²) in [5.74, 6) is 2.02. The van der Waals surface area contributed by atoms with Crippen LogP contribution in [-0.4, -0.2) is 52.4 Å². The number of amides is 1. The van der Waals surface area contributed by atoms with E-state index in [4.69, 9.17) is 14.2 Å². The van der Waals surface area contributed by atoms with Gasteiger partial charge in [0.25, 0.3) is 5.91 Å². The minimum atomic E-state index is -0.0984. The lowest BCUT2D eigenvalue weighted by molar-refractivity contribution is -0.122. The molecular weight excluding hydrogens is 404 g/mol. The van der Waals surface area contributed by atoms with Crippen molar-refractivity contribution >= 4 is 17.7 Å². The van der Waals surface area contributed by atoms with Gasteiger partial charge < -0.3 is 19.1 Å². The standard InChI is InChI=1S/C26H30N2O4/c1-27-15-7-6-8-16-32-22-13-10-21(11-14-22)25(26(29)28(2)3)18-20-9-12-23(30-4)19-24(17-20)31-5/h6-11,13-19H,12H2,1-5H3/b7-6-,16-8+,25-18+,27-15?. The summed E-state index contributed by atoms with van der Waals surface area (Å²) in [6.45, 7) is 0.